The summed E-state index contributed by atoms with van der Waals surface area (Å²) in [5.74, 6) is -1.49. The number of benzene rings is 2. The number of ether oxygens (including phenoxy) is 1. The Kier molecular flexibility index (Phi) is 2.98. The Morgan fingerprint density at radius 3 is 2.25 bits per heavy atom. The molecule has 1 fully saturated rings. The number of halogens is 2. The smallest absolute Gasteiger partial charge is 0.260 e. The third-order valence-electron chi connectivity index (χ3n) is 3.81. The second-order valence-corrected chi connectivity index (χ2v) is 5.11. The highest BCUT2D eigenvalue weighted by Crippen LogP contribution is 2.61. The highest BCUT2D eigenvalue weighted by molar-refractivity contribution is 5.43. The third-order valence-corrected chi connectivity index (χ3v) is 3.81. The second-order valence-electron chi connectivity index (χ2n) is 5.11. The predicted molar refractivity (Wildman–Crippen MR) is 73.3 cm³/mol. The van der Waals surface area contributed by atoms with E-state index < -0.39 is 11.3 Å². The molecule has 0 spiro atoms. The van der Waals surface area contributed by atoms with Gasteiger partial charge in [0, 0.05) is 13.0 Å². The highest BCUT2D eigenvalue weighted by atomic mass is 19.3. The molecule has 0 radical (unpaired) electrons. The largest absolute Gasteiger partial charge is 0.457 e. The zero-order valence-corrected chi connectivity index (χ0v) is 10.9. The Morgan fingerprint density at radius 2 is 1.65 bits per heavy atom. The molecule has 2 nitrogen and oxygen atoms in total. The summed E-state index contributed by atoms with van der Waals surface area (Å²) in [6, 6.07) is 16.0. The van der Waals surface area contributed by atoms with Gasteiger partial charge in [-0.1, -0.05) is 30.3 Å². The summed E-state index contributed by atoms with van der Waals surface area (Å²) in [6.07, 6.45) is -0.189. The fraction of sp³-hybridized carbons (Fsp3) is 0.250. The van der Waals surface area contributed by atoms with Gasteiger partial charge in [0.05, 0.1) is 5.41 Å². The maximum absolute atomic E-state index is 13.6. The molecule has 2 N–H and O–H groups in total. The van der Waals surface area contributed by atoms with Gasteiger partial charge in [-0.15, -0.1) is 0 Å². The van der Waals surface area contributed by atoms with Gasteiger partial charge in [-0.2, -0.15) is 0 Å². The van der Waals surface area contributed by atoms with E-state index in [-0.39, 0.29) is 13.0 Å². The van der Waals surface area contributed by atoms with Crippen molar-refractivity contribution in [1.29, 1.82) is 0 Å². The third kappa shape index (κ3) is 2.06. The van der Waals surface area contributed by atoms with Gasteiger partial charge in [-0.25, -0.2) is 8.78 Å². The normalized spacial score (nSPS) is 23.4. The molecule has 0 heterocycles. The first-order valence-electron chi connectivity index (χ1n) is 6.49. The first-order chi connectivity index (χ1) is 9.57. The SMILES string of the molecule is NCC1(c2cccc(Oc3ccccc3)c2)CC1(F)F. The van der Waals surface area contributed by atoms with Crippen molar-refractivity contribution in [3.8, 4) is 11.5 Å². The van der Waals surface area contributed by atoms with Crippen LogP contribution in [0.25, 0.3) is 0 Å². The number of hydrogen-bond donors (Lipinski definition) is 1. The number of hydrogen-bond acceptors (Lipinski definition) is 2. The van der Waals surface area contributed by atoms with Gasteiger partial charge in [-0.05, 0) is 29.8 Å². The molecule has 104 valence electrons. The molecule has 2 aromatic rings. The van der Waals surface area contributed by atoms with E-state index in [1.54, 1.807) is 24.3 Å². The van der Waals surface area contributed by atoms with Crippen LogP contribution >= 0.6 is 0 Å². The first-order valence-corrected chi connectivity index (χ1v) is 6.49. The van der Waals surface area contributed by atoms with Crippen LogP contribution in [0.3, 0.4) is 0 Å². The molecule has 3 rings (SSSR count). The summed E-state index contributed by atoms with van der Waals surface area (Å²) in [7, 11) is 0. The van der Waals surface area contributed by atoms with Crippen molar-refractivity contribution in [2.24, 2.45) is 5.73 Å². The van der Waals surface area contributed by atoms with Crippen LogP contribution in [-0.4, -0.2) is 12.5 Å². The van der Waals surface area contributed by atoms with Crippen LogP contribution < -0.4 is 10.5 Å². The van der Waals surface area contributed by atoms with E-state index >= 15 is 0 Å². The van der Waals surface area contributed by atoms with Crippen molar-refractivity contribution in [2.45, 2.75) is 17.8 Å². The molecule has 1 atom stereocenters. The summed E-state index contributed by atoms with van der Waals surface area (Å²) < 4.78 is 32.8. The molecule has 0 saturated heterocycles. The van der Waals surface area contributed by atoms with Crippen LogP contribution in [0.15, 0.2) is 54.6 Å². The fourth-order valence-corrected chi connectivity index (χ4v) is 2.47. The van der Waals surface area contributed by atoms with Crippen LogP contribution in [0.2, 0.25) is 0 Å². The zero-order valence-electron chi connectivity index (χ0n) is 10.9. The lowest BCUT2D eigenvalue weighted by Gasteiger charge is -2.15. The lowest BCUT2D eigenvalue weighted by atomic mass is 9.95. The number of nitrogens with two attached hydrogens (primary N) is 1. The van der Waals surface area contributed by atoms with Crippen LogP contribution in [0, 0.1) is 0 Å². The molecular weight excluding hydrogens is 260 g/mol. The molecule has 0 amide bonds. The predicted octanol–water partition coefficient (Wildman–Crippen LogP) is 3.71. The molecule has 1 aliphatic rings. The lowest BCUT2D eigenvalue weighted by Crippen LogP contribution is -2.26. The maximum Gasteiger partial charge on any atom is 0.260 e. The second kappa shape index (κ2) is 4.56. The average Bonchev–Trinajstić information content (AvgIpc) is 3.04. The molecule has 0 bridgehead atoms. The minimum Gasteiger partial charge on any atom is -0.457 e. The standard InChI is InChI=1S/C16H15F2NO/c17-16(18)10-15(16,11-19)12-5-4-8-14(9-12)20-13-6-2-1-3-7-13/h1-9H,10-11,19H2. The molecule has 0 aliphatic heterocycles. The summed E-state index contributed by atoms with van der Waals surface area (Å²) in [4.78, 5) is 0. The van der Waals surface area contributed by atoms with E-state index in [1.807, 2.05) is 30.3 Å². The molecule has 20 heavy (non-hydrogen) atoms. The summed E-state index contributed by atoms with van der Waals surface area (Å²) in [5.41, 5.74) is 4.88. The average molecular weight is 275 g/mol. The molecule has 2 aromatic carbocycles. The number of rotatable bonds is 4. The van der Waals surface area contributed by atoms with E-state index in [9.17, 15) is 8.78 Å². The van der Waals surface area contributed by atoms with Gasteiger partial charge in [0.25, 0.3) is 5.92 Å². The maximum atomic E-state index is 13.6. The quantitative estimate of drug-likeness (QED) is 0.923. The van der Waals surface area contributed by atoms with Crippen LogP contribution in [-0.2, 0) is 5.41 Å². The van der Waals surface area contributed by atoms with Crippen molar-refractivity contribution in [3.05, 3.63) is 60.2 Å². The van der Waals surface area contributed by atoms with Crippen molar-refractivity contribution < 1.29 is 13.5 Å². The summed E-state index contributed by atoms with van der Waals surface area (Å²) in [5, 5.41) is 0. The highest BCUT2D eigenvalue weighted by Gasteiger charge is 2.71. The molecule has 1 aliphatic carbocycles. The summed E-state index contributed by atoms with van der Waals surface area (Å²) in [6.45, 7) is -0.0607. The molecule has 1 unspecified atom stereocenters. The molecule has 1 saturated carbocycles. The Hall–Kier alpha value is -1.94. The van der Waals surface area contributed by atoms with E-state index in [0.29, 0.717) is 17.1 Å². The topological polar surface area (TPSA) is 35.2 Å². The van der Waals surface area contributed by atoms with Crippen molar-refractivity contribution >= 4 is 0 Å². The minimum absolute atomic E-state index is 0.0607. The van der Waals surface area contributed by atoms with E-state index in [4.69, 9.17) is 10.5 Å². The monoisotopic (exact) mass is 275 g/mol. The van der Waals surface area contributed by atoms with Crippen LogP contribution in [0.1, 0.15) is 12.0 Å². The minimum atomic E-state index is -2.72. The van der Waals surface area contributed by atoms with Crippen LogP contribution in [0.4, 0.5) is 8.78 Å². The Balaban J connectivity index is 1.88. The summed E-state index contributed by atoms with van der Waals surface area (Å²) >= 11 is 0. The Morgan fingerprint density at radius 1 is 1.00 bits per heavy atom. The zero-order chi connectivity index (χ0) is 14.2. The van der Waals surface area contributed by atoms with Crippen molar-refractivity contribution in [1.82, 2.24) is 0 Å². The van der Waals surface area contributed by atoms with E-state index in [0.717, 1.165) is 0 Å². The first kappa shape index (κ1) is 13.1. The Bertz CT molecular complexity index is 615. The molecular formula is C16H15F2NO. The van der Waals surface area contributed by atoms with E-state index in [1.165, 1.54) is 0 Å². The van der Waals surface area contributed by atoms with Gasteiger partial charge < -0.3 is 10.5 Å². The van der Waals surface area contributed by atoms with Crippen molar-refractivity contribution in [2.75, 3.05) is 6.54 Å². The van der Waals surface area contributed by atoms with Gasteiger partial charge in [0.1, 0.15) is 11.5 Å². The Labute approximate surface area is 116 Å². The lowest BCUT2D eigenvalue weighted by molar-refractivity contribution is 0.0896. The van der Waals surface area contributed by atoms with Gasteiger partial charge >= 0.3 is 0 Å². The van der Waals surface area contributed by atoms with Gasteiger partial charge in [0.15, 0.2) is 0 Å². The molecule has 0 aromatic heterocycles. The van der Waals surface area contributed by atoms with Crippen molar-refractivity contribution in [3.63, 3.8) is 0 Å². The number of para-hydroxylation sites is 1. The van der Waals surface area contributed by atoms with E-state index in [2.05, 4.69) is 0 Å². The molecule has 4 heteroatoms. The van der Waals surface area contributed by atoms with Crippen LogP contribution in [0.5, 0.6) is 11.5 Å². The number of alkyl halides is 2. The fourth-order valence-electron chi connectivity index (χ4n) is 2.47. The van der Waals surface area contributed by atoms with Gasteiger partial charge in [0.2, 0.25) is 0 Å². The van der Waals surface area contributed by atoms with Gasteiger partial charge in [-0.3, -0.25) is 0 Å².